The van der Waals surface area contributed by atoms with Crippen LogP contribution in [0.4, 0.5) is 11.4 Å². The Labute approximate surface area is 277 Å². The average molecular weight is 637 g/mol. The van der Waals surface area contributed by atoms with Crippen LogP contribution in [0, 0.1) is 25.7 Å². The monoisotopic (exact) mass is 636 g/mol. The molecular formula is C39H44N2O6. The Morgan fingerprint density at radius 2 is 0.979 bits per heavy atom. The molecule has 0 atom stereocenters. The fourth-order valence-electron chi connectivity index (χ4n) is 4.43. The summed E-state index contributed by atoms with van der Waals surface area (Å²) in [5.41, 5.74) is 7.98. The van der Waals surface area contributed by atoms with Gasteiger partial charge in [-0.2, -0.15) is 0 Å². The standard InChI is InChI=1S/C20H23NO3.C19H21NO3/c1-13(2)19(22)12-21-18-10-16(9-17(11-18)20(23)24-4)15-7-5-14(3)6-8-15;1-12(2)18(21)11-20-17-9-15(8-16(10-17)19(22)23)14-6-4-13(3)5-7-14/h5-11,13,21H,12H2,1-4H3;4-10,12,20H,11H2,1-3H3,(H,22,23). The van der Waals surface area contributed by atoms with Gasteiger partial charge in [-0.1, -0.05) is 87.4 Å². The molecule has 0 aliphatic carbocycles. The van der Waals surface area contributed by atoms with Gasteiger partial charge in [-0.05, 0) is 72.5 Å². The van der Waals surface area contributed by atoms with Crippen molar-refractivity contribution in [3.8, 4) is 22.3 Å². The van der Waals surface area contributed by atoms with E-state index < -0.39 is 11.9 Å². The minimum atomic E-state index is -0.989. The summed E-state index contributed by atoms with van der Waals surface area (Å²) in [5.74, 6) is -1.27. The SMILES string of the molecule is COC(=O)c1cc(NCC(=O)C(C)C)cc(-c2ccc(C)cc2)c1.Cc1ccc(-c2cc(NCC(=O)C(C)C)cc(C(=O)O)c2)cc1. The maximum Gasteiger partial charge on any atom is 0.337 e. The lowest BCUT2D eigenvalue weighted by atomic mass is 10.0. The van der Waals surface area contributed by atoms with Crippen LogP contribution in [-0.4, -0.2) is 48.8 Å². The zero-order valence-electron chi connectivity index (χ0n) is 28.1. The molecule has 0 unspecified atom stereocenters. The van der Waals surface area contributed by atoms with E-state index >= 15 is 0 Å². The third-order valence-corrected chi connectivity index (χ3v) is 7.53. The Morgan fingerprint density at radius 1 is 0.596 bits per heavy atom. The van der Waals surface area contributed by atoms with Crippen LogP contribution >= 0.6 is 0 Å². The lowest BCUT2D eigenvalue weighted by Gasteiger charge is -2.12. The van der Waals surface area contributed by atoms with E-state index in [4.69, 9.17) is 4.74 Å². The number of carboxylic acids is 1. The van der Waals surface area contributed by atoms with Gasteiger partial charge in [0.1, 0.15) is 0 Å². The molecule has 4 aromatic rings. The highest BCUT2D eigenvalue weighted by Crippen LogP contribution is 2.27. The van der Waals surface area contributed by atoms with Crippen molar-refractivity contribution in [2.75, 3.05) is 30.8 Å². The van der Waals surface area contributed by atoms with Crippen molar-refractivity contribution in [1.29, 1.82) is 0 Å². The van der Waals surface area contributed by atoms with Gasteiger partial charge in [-0.15, -0.1) is 0 Å². The molecule has 8 nitrogen and oxygen atoms in total. The zero-order chi connectivity index (χ0) is 34.7. The van der Waals surface area contributed by atoms with Crippen LogP contribution in [0.3, 0.4) is 0 Å². The van der Waals surface area contributed by atoms with Crippen LogP contribution in [0.15, 0.2) is 84.9 Å². The van der Waals surface area contributed by atoms with Crippen molar-refractivity contribution < 1.29 is 29.0 Å². The number of methoxy groups -OCH3 is 1. The molecule has 0 heterocycles. The highest BCUT2D eigenvalue weighted by molar-refractivity contribution is 5.94. The molecule has 0 spiro atoms. The maximum absolute atomic E-state index is 11.9. The van der Waals surface area contributed by atoms with Crippen molar-refractivity contribution in [2.24, 2.45) is 11.8 Å². The quantitative estimate of drug-likeness (QED) is 0.133. The molecule has 0 saturated heterocycles. The zero-order valence-corrected chi connectivity index (χ0v) is 28.1. The molecule has 0 aliphatic rings. The summed E-state index contributed by atoms with van der Waals surface area (Å²) in [7, 11) is 1.36. The van der Waals surface area contributed by atoms with Gasteiger partial charge in [0.25, 0.3) is 0 Å². The number of ether oxygens (including phenoxy) is 1. The van der Waals surface area contributed by atoms with Gasteiger partial charge >= 0.3 is 11.9 Å². The molecule has 0 bridgehead atoms. The molecule has 4 rings (SSSR count). The third kappa shape index (κ3) is 11.0. The van der Waals surface area contributed by atoms with E-state index in [2.05, 4.69) is 10.6 Å². The molecule has 246 valence electrons. The van der Waals surface area contributed by atoms with Crippen molar-refractivity contribution in [1.82, 2.24) is 0 Å². The summed E-state index contributed by atoms with van der Waals surface area (Å²) in [5, 5.41) is 15.4. The summed E-state index contributed by atoms with van der Waals surface area (Å²) in [6, 6.07) is 26.4. The molecule has 4 aromatic carbocycles. The predicted octanol–water partition coefficient (Wildman–Crippen LogP) is 8.08. The lowest BCUT2D eigenvalue weighted by Crippen LogP contribution is -2.19. The minimum absolute atomic E-state index is 0.0298. The second kappa shape index (κ2) is 16.9. The van der Waals surface area contributed by atoms with E-state index in [1.807, 2.05) is 102 Å². The van der Waals surface area contributed by atoms with Crippen LogP contribution in [0.2, 0.25) is 0 Å². The van der Waals surface area contributed by atoms with Crippen LogP contribution in [0.1, 0.15) is 59.5 Å². The number of carboxylic acid groups (broad SMARTS) is 1. The number of Topliss-reactive ketones (excluding diaryl/α,β-unsaturated/α-hetero) is 2. The summed E-state index contributed by atoms with van der Waals surface area (Å²) < 4.78 is 4.83. The molecule has 0 aromatic heterocycles. The number of rotatable bonds is 12. The first-order valence-corrected chi connectivity index (χ1v) is 15.6. The molecule has 47 heavy (non-hydrogen) atoms. The average Bonchev–Trinajstić information content (AvgIpc) is 3.06. The second-order valence-electron chi connectivity index (χ2n) is 12.1. The van der Waals surface area contributed by atoms with Crippen LogP contribution in [0.25, 0.3) is 22.3 Å². The van der Waals surface area contributed by atoms with E-state index in [1.165, 1.54) is 12.7 Å². The molecule has 0 amide bonds. The first-order valence-electron chi connectivity index (χ1n) is 15.6. The van der Waals surface area contributed by atoms with Crippen molar-refractivity contribution in [3.63, 3.8) is 0 Å². The summed E-state index contributed by atoms with van der Waals surface area (Å²) >= 11 is 0. The lowest BCUT2D eigenvalue weighted by molar-refractivity contribution is -0.120. The third-order valence-electron chi connectivity index (χ3n) is 7.53. The largest absolute Gasteiger partial charge is 0.478 e. The number of anilines is 2. The number of aromatic carboxylic acids is 1. The molecule has 3 N–H and O–H groups in total. The van der Waals surface area contributed by atoms with Crippen molar-refractivity contribution in [2.45, 2.75) is 41.5 Å². The predicted molar refractivity (Wildman–Crippen MR) is 188 cm³/mol. The van der Waals surface area contributed by atoms with Crippen LogP contribution in [-0.2, 0) is 14.3 Å². The fraction of sp³-hybridized carbons (Fsp3) is 0.282. The van der Waals surface area contributed by atoms with E-state index in [9.17, 15) is 24.3 Å². The number of carbonyl (C=O) groups excluding carboxylic acids is 3. The van der Waals surface area contributed by atoms with Gasteiger partial charge in [-0.25, -0.2) is 9.59 Å². The highest BCUT2D eigenvalue weighted by atomic mass is 16.5. The molecule has 0 saturated carbocycles. The molecule has 0 radical (unpaired) electrons. The van der Waals surface area contributed by atoms with Gasteiger partial charge in [0.15, 0.2) is 11.6 Å². The Morgan fingerprint density at radius 3 is 1.34 bits per heavy atom. The first-order chi connectivity index (χ1) is 22.3. The van der Waals surface area contributed by atoms with Crippen molar-refractivity contribution in [3.05, 3.63) is 107 Å². The molecular weight excluding hydrogens is 592 g/mol. The van der Waals surface area contributed by atoms with Gasteiger partial charge in [0.05, 0.1) is 31.3 Å². The Kier molecular flexibility index (Phi) is 13.0. The number of hydrogen-bond acceptors (Lipinski definition) is 7. The fourth-order valence-corrected chi connectivity index (χ4v) is 4.43. The number of esters is 1. The molecule has 0 fully saturated rings. The first kappa shape index (κ1) is 36.2. The number of benzene rings is 4. The molecule has 8 heteroatoms. The van der Waals surface area contributed by atoms with Gasteiger partial charge in [0, 0.05) is 23.2 Å². The highest BCUT2D eigenvalue weighted by Gasteiger charge is 2.13. The topological polar surface area (TPSA) is 122 Å². The Balaban J connectivity index is 0.000000256. The number of ketones is 2. The second-order valence-corrected chi connectivity index (χ2v) is 12.1. The van der Waals surface area contributed by atoms with Crippen molar-refractivity contribution >= 4 is 34.9 Å². The van der Waals surface area contributed by atoms with Gasteiger partial charge in [-0.3, -0.25) is 9.59 Å². The van der Waals surface area contributed by atoms with E-state index in [0.717, 1.165) is 33.5 Å². The Bertz CT molecular complexity index is 1710. The van der Waals surface area contributed by atoms with Crippen LogP contribution < -0.4 is 10.6 Å². The van der Waals surface area contributed by atoms with E-state index in [0.29, 0.717) is 11.3 Å². The maximum atomic E-state index is 11.9. The number of nitrogens with one attached hydrogen (secondary N) is 2. The Hall–Kier alpha value is -5.24. The normalized spacial score (nSPS) is 10.6. The van der Waals surface area contributed by atoms with Gasteiger partial charge < -0.3 is 20.5 Å². The smallest absolute Gasteiger partial charge is 0.337 e. The number of carbonyl (C=O) groups is 4. The minimum Gasteiger partial charge on any atom is -0.478 e. The van der Waals surface area contributed by atoms with E-state index in [1.54, 1.807) is 24.3 Å². The van der Waals surface area contributed by atoms with E-state index in [-0.39, 0.29) is 42.1 Å². The number of hydrogen-bond donors (Lipinski definition) is 3. The number of aryl methyl sites for hydroxylation is 2. The van der Waals surface area contributed by atoms with Gasteiger partial charge in [0.2, 0.25) is 0 Å². The van der Waals surface area contributed by atoms with Crippen LogP contribution in [0.5, 0.6) is 0 Å². The molecule has 0 aliphatic heterocycles. The summed E-state index contributed by atoms with van der Waals surface area (Å²) in [4.78, 5) is 46.9. The summed E-state index contributed by atoms with van der Waals surface area (Å²) in [6.45, 7) is 11.9. The summed E-state index contributed by atoms with van der Waals surface area (Å²) in [6.07, 6.45) is 0.